The van der Waals surface area contributed by atoms with Crippen molar-refractivity contribution in [2.24, 2.45) is 0 Å². The number of rotatable bonds is 5. The van der Waals surface area contributed by atoms with E-state index >= 15 is 0 Å². The smallest absolute Gasteiger partial charge is 0.0616 e. The van der Waals surface area contributed by atoms with E-state index in [9.17, 15) is 8.22 Å². The van der Waals surface area contributed by atoms with Crippen molar-refractivity contribution in [3.63, 3.8) is 0 Å². The predicted molar refractivity (Wildman–Crippen MR) is 180 cm³/mol. The van der Waals surface area contributed by atoms with Crippen LogP contribution in [0.1, 0.15) is 57.9 Å². The molecule has 0 amide bonds. The molecular weight excluding hydrogens is 504 g/mol. The van der Waals surface area contributed by atoms with Gasteiger partial charge in [-0.25, -0.2) is 0 Å². The Bertz CT molecular complexity index is 3610. The fourth-order valence-electron chi connectivity index (χ4n) is 4.90. The number of hydrogen-bond donors (Lipinski definition) is 0. The third-order valence-electron chi connectivity index (χ3n) is 6.77. The molecule has 0 heteroatoms. The molecule has 0 bridgehead atoms. The first kappa shape index (κ1) is 9.68. The van der Waals surface area contributed by atoms with Crippen LogP contribution in [0.5, 0.6) is 0 Å². The summed E-state index contributed by atoms with van der Waals surface area (Å²) in [6.07, 6.45) is -1.65. The van der Waals surface area contributed by atoms with E-state index in [0.717, 1.165) is 0 Å². The van der Waals surface area contributed by atoms with Gasteiger partial charge in [-0.2, -0.15) is 0 Å². The highest BCUT2D eigenvalue weighted by atomic mass is 14.2. The van der Waals surface area contributed by atoms with Crippen LogP contribution in [0, 0.1) is 0 Å². The van der Waals surface area contributed by atoms with Crippen LogP contribution in [0.15, 0.2) is 157 Å². The molecule has 0 aliphatic heterocycles. The lowest BCUT2D eigenvalue weighted by atomic mass is 9.86. The SMILES string of the molecule is [2H]c1c([2H])c(Cc2c3c([2H])c([2H])c([2H])c([2H])c3c(Cc3c([2H])c([2H])c4c([2H])c([2H])c([2H])c([2H])c4c3[2H])c3c([2H])c([2H])c([2H])c([2H])c23)c([2H])c(-c2c([2H])c([2H])c3c([2H])c([2H])c([2H])c([2H])c3c2[2H])c1[2H]. The van der Waals surface area contributed by atoms with Gasteiger partial charge in [0.15, 0.2) is 0 Å². The molecule has 0 heterocycles. The standard InChI is InChI=1S/C42H30/c1-3-13-33-25-30(20-21-31(33)11-1)27-42-39-18-7-5-16-37(39)41(38-17-6-8-19-40(38)42)26-29-10-9-15-34(24-29)36-23-22-32-12-2-4-14-35(32)28-36/h1-25,28H,26-27H2/i1D,2D,3D,4D,5D,6D,7D,8D,9D,10D,11D,12D,13D,14D,15D,16D,17D,18D,19D,20D,21D,22D,23D,24D,25D,28D. The van der Waals surface area contributed by atoms with Crippen molar-refractivity contribution in [2.75, 3.05) is 0 Å². The summed E-state index contributed by atoms with van der Waals surface area (Å²) in [5, 5.41) is -3.71. The fraction of sp³-hybridized carbons (Fsp3) is 0.0476. The second kappa shape index (κ2) is 10.3. The zero-order valence-corrected chi connectivity index (χ0v) is 21.4. The van der Waals surface area contributed by atoms with Crippen molar-refractivity contribution < 1.29 is 35.6 Å². The average molecular weight is 561 g/mol. The number of fused-ring (bicyclic) bond motifs is 4. The van der Waals surface area contributed by atoms with Crippen molar-refractivity contribution in [1.29, 1.82) is 0 Å². The van der Waals surface area contributed by atoms with E-state index in [1.54, 1.807) is 0 Å². The van der Waals surface area contributed by atoms with Gasteiger partial charge in [-0.15, -0.1) is 0 Å². The molecule has 8 aromatic rings. The van der Waals surface area contributed by atoms with Crippen LogP contribution in [0.4, 0.5) is 0 Å². The van der Waals surface area contributed by atoms with Crippen LogP contribution in [0.25, 0.3) is 54.2 Å². The summed E-state index contributed by atoms with van der Waals surface area (Å²) >= 11 is 0. The van der Waals surface area contributed by atoms with Gasteiger partial charge in [0.25, 0.3) is 0 Å². The second-order valence-corrected chi connectivity index (χ2v) is 9.27. The van der Waals surface area contributed by atoms with Crippen molar-refractivity contribution in [2.45, 2.75) is 12.8 Å². The van der Waals surface area contributed by atoms with Gasteiger partial charge in [0.2, 0.25) is 0 Å². The highest BCUT2D eigenvalue weighted by molar-refractivity contribution is 6.06. The molecule has 8 rings (SSSR count). The van der Waals surface area contributed by atoms with E-state index in [0.29, 0.717) is 0 Å². The summed E-state index contributed by atoms with van der Waals surface area (Å²) in [5.41, 5.74) is -3.00. The van der Waals surface area contributed by atoms with Crippen molar-refractivity contribution in [3.05, 3.63) is 179 Å². The Kier molecular flexibility index (Phi) is 2.38. The van der Waals surface area contributed by atoms with Gasteiger partial charge in [0.05, 0.1) is 35.6 Å². The van der Waals surface area contributed by atoms with E-state index in [-0.39, 0.29) is 11.1 Å². The highest BCUT2D eigenvalue weighted by Crippen LogP contribution is 2.36. The molecule has 0 atom stereocenters. The summed E-state index contributed by atoms with van der Waals surface area (Å²) in [7, 11) is 0. The summed E-state index contributed by atoms with van der Waals surface area (Å²) in [5.74, 6) is 0. The molecule has 0 unspecified atom stereocenters. The lowest BCUT2D eigenvalue weighted by Gasteiger charge is -2.18. The van der Waals surface area contributed by atoms with E-state index in [4.69, 9.17) is 27.4 Å². The van der Waals surface area contributed by atoms with Gasteiger partial charge in [0.1, 0.15) is 0 Å². The highest BCUT2D eigenvalue weighted by Gasteiger charge is 2.15. The maximum atomic E-state index is 9.48. The van der Waals surface area contributed by atoms with Crippen LogP contribution in [0.3, 0.4) is 0 Å². The van der Waals surface area contributed by atoms with Crippen LogP contribution in [-0.2, 0) is 12.8 Å². The van der Waals surface area contributed by atoms with E-state index < -0.39 is 235 Å². The predicted octanol–water partition coefficient (Wildman–Crippen LogP) is 11.1. The quantitative estimate of drug-likeness (QED) is 0.184. The lowest BCUT2D eigenvalue weighted by molar-refractivity contribution is 1.21. The molecule has 8 aromatic carbocycles. The van der Waals surface area contributed by atoms with E-state index in [1.807, 2.05) is 0 Å². The zero-order chi connectivity index (χ0) is 50.5. The summed E-state index contributed by atoms with van der Waals surface area (Å²) < 4.78 is 229. The monoisotopic (exact) mass is 560 g/mol. The normalized spacial score (nSPS) is 20.2. The van der Waals surface area contributed by atoms with Gasteiger partial charge in [-0.1, -0.05) is 151 Å². The average Bonchev–Trinajstić information content (AvgIpc) is 3.30. The molecule has 0 aromatic heterocycles. The topological polar surface area (TPSA) is 0 Å². The summed E-state index contributed by atoms with van der Waals surface area (Å²) in [6, 6.07) is -20.6. The zero-order valence-electron chi connectivity index (χ0n) is 47.4. The molecule has 42 heavy (non-hydrogen) atoms. The Morgan fingerprint density at radius 2 is 0.786 bits per heavy atom. The maximum Gasteiger partial charge on any atom is 0.0636 e. The number of benzene rings is 8. The Morgan fingerprint density at radius 1 is 0.333 bits per heavy atom. The molecule has 0 saturated heterocycles. The largest absolute Gasteiger partial charge is 0.0636 e. The van der Waals surface area contributed by atoms with Gasteiger partial charge in [-0.05, 0) is 95.4 Å². The maximum absolute atomic E-state index is 9.48. The summed E-state index contributed by atoms with van der Waals surface area (Å²) in [4.78, 5) is 0. The number of hydrogen-bond acceptors (Lipinski definition) is 0. The van der Waals surface area contributed by atoms with Crippen molar-refractivity contribution >= 4 is 43.1 Å². The van der Waals surface area contributed by atoms with Crippen molar-refractivity contribution in [3.8, 4) is 11.1 Å². The second-order valence-electron chi connectivity index (χ2n) is 9.27. The molecule has 0 spiro atoms. The van der Waals surface area contributed by atoms with Gasteiger partial charge >= 0.3 is 0 Å². The minimum absolute atomic E-state index is 0.318. The Labute approximate surface area is 283 Å². The molecule has 198 valence electrons. The Hall–Kier alpha value is -5.20. The van der Waals surface area contributed by atoms with Crippen LogP contribution in [0.2, 0.25) is 0 Å². The van der Waals surface area contributed by atoms with Crippen molar-refractivity contribution in [1.82, 2.24) is 0 Å². The molecule has 0 saturated carbocycles. The molecule has 0 aliphatic carbocycles. The van der Waals surface area contributed by atoms with Gasteiger partial charge in [-0.3, -0.25) is 0 Å². The first-order chi connectivity index (χ1) is 31.6. The lowest BCUT2D eigenvalue weighted by Crippen LogP contribution is -1.98. The first-order valence-corrected chi connectivity index (χ1v) is 12.7. The van der Waals surface area contributed by atoms with Crippen LogP contribution >= 0.6 is 0 Å². The van der Waals surface area contributed by atoms with E-state index in [1.165, 1.54) is 0 Å². The molecule has 0 aliphatic rings. The molecule has 0 radical (unpaired) electrons. The summed E-state index contributed by atoms with van der Waals surface area (Å²) in [6.45, 7) is 0. The molecule has 0 fully saturated rings. The third kappa shape index (κ3) is 4.42. The third-order valence-corrected chi connectivity index (χ3v) is 6.77. The van der Waals surface area contributed by atoms with Crippen LogP contribution in [-0.4, -0.2) is 0 Å². The molecule has 0 nitrogen and oxygen atoms in total. The Balaban J connectivity index is 1.53. The van der Waals surface area contributed by atoms with Gasteiger partial charge in [0, 0.05) is 0 Å². The van der Waals surface area contributed by atoms with E-state index in [2.05, 4.69) is 0 Å². The Morgan fingerprint density at radius 3 is 1.38 bits per heavy atom. The van der Waals surface area contributed by atoms with Crippen LogP contribution < -0.4 is 0 Å². The van der Waals surface area contributed by atoms with Gasteiger partial charge < -0.3 is 0 Å². The molecular formula is C42H30. The molecule has 0 N–H and O–H groups in total. The first-order valence-electron chi connectivity index (χ1n) is 25.7. The minimum atomic E-state index is -0.910. The minimum Gasteiger partial charge on any atom is -0.0616 e. The fourth-order valence-corrected chi connectivity index (χ4v) is 4.90.